The Morgan fingerprint density at radius 2 is 1.83 bits per heavy atom. The first kappa shape index (κ1) is 21.7. The second-order valence-corrected chi connectivity index (χ2v) is 6.39. The lowest BCUT2D eigenvalue weighted by Crippen LogP contribution is -2.33. The van der Waals surface area contributed by atoms with E-state index in [2.05, 4.69) is 15.6 Å². The summed E-state index contributed by atoms with van der Waals surface area (Å²) >= 11 is 6.03. The van der Waals surface area contributed by atoms with Gasteiger partial charge in [0.2, 0.25) is 5.91 Å². The highest BCUT2D eigenvalue weighted by Crippen LogP contribution is 2.22. The number of para-hydroxylation sites is 1. The van der Waals surface area contributed by atoms with Gasteiger partial charge >= 0.3 is 5.97 Å². The number of rotatable bonds is 8. The Morgan fingerprint density at radius 3 is 2.52 bits per heavy atom. The molecule has 2 aromatic rings. The Bertz CT molecular complexity index is 957. The molecule has 0 spiro atoms. The van der Waals surface area contributed by atoms with Crippen LogP contribution in [-0.4, -0.2) is 35.4 Å². The summed E-state index contributed by atoms with van der Waals surface area (Å²) in [5, 5.41) is 14.1. The molecule has 0 radical (unpaired) electrons. The van der Waals surface area contributed by atoms with Gasteiger partial charge in [-0.1, -0.05) is 29.8 Å². The van der Waals surface area contributed by atoms with E-state index in [1.165, 1.54) is 12.1 Å². The third-order valence-corrected chi connectivity index (χ3v) is 4.09. The molecule has 0 bridgehead atoms. The Hall–Kier alpha value is -3.59. The highest BCUT2D eigenvalue weighted by atomic mass is 35.5. The fourth-order valence-corrected chi connectivity index (χ4v) is 2.66. The quantitative estimate of drug-likeness (QED) is 0.324. The van der Waals surface area contributed by atoms with Crippen molar-refractivity contribution in [1.29, 1.82) is 0 Å². The Labute approximate surface area is 171 Å². The number of amides is 2. The summed E-state index contributed by atoms with van der Waals surface area (Å²) < 4.78 is 0. The SMILES string of the molecule is NC(N)=Nc1ccc(Cl)c(C(=O)NCC(=O)Nc2ccccc2CCC(=O)O)c1. The fraction of sp³-hybridized carbons (Fsp3) is 0.158. The topological polar surface area (TPSA) is 160 Å². The standard InChI is InChI=1S/C19H20ClN5O4/c20-14-7-6-12(24-19(21)22)9-13(14)18(29)23-10-16(26)25-15-4-2-1-3-11(15)5-8-17(27)28/h1-4,6-7,9H,5,8,10H2,(H,23,29)(H,25,26)(H,27,28)(H4,21,22,24). The van der Waals surface area contributed by atoms with Crippen molar-refractivity contribution in [1.82, 2.24) is 5.32 Å². The highest BCUT2D eigenvalue weighted by Gasteiger charge is 2.14. The lowest BCUT2D eigenvalue weighted by atomic mass is 10.1. The minimum atomic E-state index is -0.932. The number of carbonyl (C=O) groups excluding carboxylic acids is 2. The van der Waals surface area contributed by atoms with E-state index >= 15 is 0 Å². The van der Waals surface area contributed by atoms with Crippen LogP contribution in [0.2, 0.25) is 5.02 Å². The average Bonchev–Trinajstić information content (AvgIpc) is 2.66. The number of nitrogens with zero attached hydrogens (tertiary/aromatic N) is 1. The van der Waals surface area contributed by atoms with E-state index < -0.39 is 17.8 Å². The van der Waals surface area contributed by atoms with Crippen LogP contribution in [-0.2, 0) is 16.0 Å². The van der Waals surface area contributed by atoms with E-state index in [1.807, 2.05) is 0 Å². The zero-order valence-corrected chi connectivity index (χ0v) is 16.1. The number of benzene rings is 2. The van der Waals surface area contributed by atoms with Gasteiger partial charge in [0.05, 0.1) is 22.8 Å². The van der Waals surface area contributed by atoms with Crippen LogP contribution in [0.1, 0.15) is 22.3 Å². The molecule has 2 rings (SSSR count). The number of aryl methyl sites for hydroxylation is 1. The summed E-state index contributed by atoms with van der Waals surface area (Å²) in [5.41, 5.74) is 12.3. The molecule has 0 aromatic heterocycles. The highest BCUT2D eigenvalue weighted by molar-refractivity contribution is 6.34. The van der Waals surface area contributed by atoms with Gasteiger partial charge in [0.15, 0.2) is 5.96 Å². The third-order valence-electron chi connectivity index (χ3n) is 3.76. The molecule has 2 aromatic carbocycles. The minimum Gasteiger partial charge on any atom is -0.481 e. The van der Waals surface area contributed by atoms with Crippen LogP contribution < -0.4 is 22.1 Å². The second kappa shape index (κ2) is 10.1. The number of hydrogen-bond donors (Lipinski definition) is 5. The molecule has 2 amide bonds. The van der Waals surface area contributed by atoms with Crippen molar-refractivity contribution in [3.05, 3.63) is 58.6 Å². The lowest BCUT2D eigenvalue weighted by molar-refractivity contribution is -0.136. The molecule has 0 heterocycles. The number of hydrogen-bond acceptors (Lipinski definition) is 4. The zero-order chi connectivity index (χ0) is 21.4. The van der Waals surface area contributed by atoms with E-state index in [1.54, 1.807) is 30.3 Å². The third kappa shape index (κ3) is 6.82. The van der Waals surface area contributed by atoms with Crippen LogP contribution in [0.15, 0.2) is 47.5 Å². The van der Waals surface area contributed by atoms with Gasteiger partial charge in [0.25, 0.3) is 5.91 Å². The van der Waals surface area contributed by atoms with Crippen molar-refractivity contribution in [2.24, 2.45) is 16.5 Å². The van der Waals surface area contributed by atoms with Gasteiger partial charge in [-0.3, -0.25) is 14.4 Å². The summed E-state index contributed by atoms with van der Waals surface area (Å²) in [7, 11) is 0. The molecule has 0 aliphatic carbocycles. The Kier molecular flexibility index (Phi) is 7.55. The number of anilines is 1. The number of carbonyl (C=O) groups is 3. The number of halogens is 1. The van der Waals surface area contributed by atoms with Gasteiger partial charge in [-0.2, -0.15) is 0 Å². The van der Waals surface area contributed by atoms with Gasteiger partial charge in [-0.05, 0) is 36.2 Å². The molecule has 0 saturated carbocycles. The largest absolute Gasteiger partial charge is 0.481 e. The number of nitrogens with two attached hydrogens (primary N) is 2. The molecule has 0 atom stereocenters. The van der Waals surface area contributed by atoms with E-state index in [0.717, 1.165) is 0 Å². The van der Waals surface area contributed by atoms with Gasteiger partial charge in [-0.25, -0.2) is 4.99 Å². The van der Waals surface area contributed by atoms with Crippen LogP contribution in [0.3, 0.4) is 0 Å². The summed E-state index contributed by atoms with van der Waals surface area (Å²) in [4.78, 5) is 39.2. The maximum Gasteiger partial charge on any atom is 0.303 e. The first-order valence-electron chi connectivity index (χ1n) is 8.53. The predicted molar refractivity (Wildman–Crippen MR) is 110 cm³/mol. The molecule has 0 aliphatic rings. The molecule has 7 N–H and O–H groups in total. The van der Waals surface area contributed by atoms with Crippen molar-refractivity contribution in [2.75, 3.05) is 11.9 Å². The second-order valence-electron chi connectivity index (χ2n) is 5.98. The normalized spacial score (nSPS) is 10.1. The minimum absolute atomic E-state index is 0.0613. The van der Waals surface area contributed by atoms with Gasteiger partial charge in [0, 0.05) is 12.1 Å². The van der Waals surface area contributed by atoms with Crippen LogP contribution in [0.4, 0.5) is 11.4 Å². The number of aliphatic carboxylic acids is 1. The van der Waals surface area contributed by atoms with Crippen molar-refractivity contribution < 1.29 is 19.5 Å². The molecule has 10 heteroatoms. The monoisotopic (exact) mass is 417 g/mol. The maximum atomic E-state index is 12.4. The van der Waals surface area contributed by atoms with E-state index in [9.17, 15) is 14.4 Å². The molecule has 0 unspecified atom stereocenters. The van der Waals surface area contributed by atoms with Gasteiger partial charge in [0.1, 0.15) is 0 Å². The van der Waals surface area contributed by atoms with Gasteiger partial charge in [-0.15, -0.1) is 0 Å². The number of guanidine groups is 1. The van der Waals surface area contributed by atoms with E-state index in [4.69, 9.17) is 28.2 Å². The molecule has 29 heavy (non-hydrogen) atoms. The van der Waals surface area contributed by atoms with Crippen LogP contribution in [0.25, 0.3) is 0 Å². The van der Waals surface area contributed by atoms with Crippen LogP contribution in [0, 0.1) is 0 Å². The average molecular weight is 418 g/mol. The first-order valence-corrected chi connectivity index (χ1v) is 8.91. The summed E-state index contributed by atoms with van der Waals surface area (Å²) in [6.45, 7) is -0.311. The van der Waals surface area contributed by atoms with Crippen LogP contribution in [0.5, 0.6) is 0 Å². The molecule has 152 valence electrons. The lowest BCUT2D eigenvalue weighted by Gasteiger charge is -2.11. The Balaban J connectivity index is 2.00. The maximum absolute atomic E-state index is 12.4. The number of aliphatic imine (C=N–C) groups is 1. The number of nitrogens with one attached hydrogen (secondary N) is 2. The molecule has 0 saturated heterocycles. The summed E-state index contributed by atoms with van der Waals surface area (Å²) in [6.07, 6.45) is 0.208. The van der Waals surface area contributed by atoms with Crippen LogP contribution >= 0.6 is 11.6 Å². The van der Waals surface area contributed by atoms with Crippen molar-refractivity contribution in [3.8, 4) is 0 Å². The van der Waals surface area contributed by atoms with Gasteiger partial charge < -0.3 is 27.2 Å². The Morgan fingerprint density at radius 1 is 1.10 bits per heavy atom. The summed E-state index contributed by atoms with van der Waals surface area (Å²) in [6, 6.07) is 11.3. The predicted octanol–water partition coefficient (Wildman–Crippen LogP) is 1.63. The van der Waals surface area contributed by atoms with Crippen molar-refractivity contribution in [2.45, 2.75) is 12.8 Å². The number of carboxylic acids is 1. The summed E-state index contributed by atoms with van der Waals surface area (Å²) in [5.74, 6) is -2.15. The van der Waals surface area contributed by atoms with Crippen molar-refractivity contribution >= 4 is 46.7 Å². The van der Waals surface area contributed by atoms with Crippen molar-refractivity contribution in [3.63, 3.8) is 0 Å². The first-order chi connectivity index (χ1) is 13.8. The van der Waals surface area contributed by atoms with E-state index in [-0.39, 0.29) is 35.9 Å². The number of carboxylic acid groups (broad SMARTS) is 1. The smallest absolute Gasteiger partial charge is 0.303 e. The molecule has 0 fully saturated rings. The molecular weight excluding hydrogens is 398 g/mol. The fourth-order valence-electron chi connectivity index (χ4n) is 2.46. The molecular formula is C19H20ClN5O4. The van der Waals surface area contributed by atoms with E-state index in [0.29, 0.717) is 16.9 Å². The molecule has 0 aliphatic heterocycles. The molecule has 9 nitrogen and oxygen atoms in total. The zero-order valence-electron chi connectivity index (χ0n) is 15.3.